The predicted octanol–water partition coefficient (Wildman–Crippen LogP) is 2.61. The molecule has 2 N–H and O–H groups in total. The van der Waals surface area contributed by atoms with Crippen LogP contribution in [0, 0.1) is 0 Å². The Bertz CT molecular complexity index is 493. The van der Waals surface area contributed by atoms with E-state index in [1.54, 1.807) is 12.4 Å². The molecule has 1 heterocycles. The number of aryl methyl sites for hydroxylation is 1. The quantitative estimate of drug-likeness (QED) is 0.835. The van der Waals surface area contributed by atoms with Gasteiger partial charge in [0, 0.05) is 18.2 Å². The van der Waals surface area contributed by atoms with Crippen molar-refractivity contribution in [2.45, 2.75) is 32.2 Å². The Morgan fingerprint density at radius 2 is 2.16 bits per heavy atom. The third-order valence-corrected chi connectivity index (χ3v) is 3.11. The van der Waals surface area contributed by atoms with Crippen molar-refractivity contribution in [3.8, 4) is 0 Å². The van der Waals surface area contributed by atoms with E-state index in [2.05, 4.69) is 27.6 Å². The normalized spacial score (nSPS) is 12.1. The van der Waals surface area contributed by atoms with Crippen LogP contribution in [0.25, 0.3) is 0 Å². The van der Waals surface area contributed by atoms with Crippen LogP contribution in [0.15, 0.2) is 42.7 Å². The molecule has 0 aliphatic rings. The molecule has 0 fully saturated rings. The molecule has 2 aromatic rings. The lowest BCUT2D eigenvalue weighted by Gasteiger charge is -2.11. The van der Waals surface area contributed by atoms with Crippen molar-refractivity contribution in [1.82, 2.24) is 15.5 Å². The molecule has 1 aromatic heterocycles. The average Bonchev–Trinajstić information content (AvgIpc) is 2.94. The third kappa shape index (κ3) is 4.25. The summed E-state index contributed by atoms with van der Waals surface area (Å²) in [6, 6.07) is 10.2. The van der Waals surface area contributed by atoms with Crippen molar-refractivity contribution in [3.63, 3.8) is 0 Å². The van der Waals surface area contributed by atoms with Crippen LogP contribution in [0.5, 0.6) is 0 Å². The Morgan fingerprint density at radius 3 is 2.84 bits per heavy atom. The Hall–Kier alpha value is -2.10. The van der Waals surface area contributed by atoms with Crippen molar-refractivity contribution in [2.24, 2.45) is 0 Å². The van der Waals surface area contributed by atoms with Gasteiger partial charge in [0.15, 0.2) is 0 Å². The van der Waals surface area contributed by atoms with E-state index < -0.39 is 0 Å². The first-order valence-corrected chi connectivity index (χ1v) is 6.57. The van der Waals surface area contributed by atoms with Gasteiger partial charge >= 0.3 is 0 Å². The highest BCUT2D eigenvalue weighted by Crippen LogP contribution is 2.10. The number of rotatable bonds is 6. The zero-order chi connectivity index (χ0) is 13.5. The fraction of sp³-hybridized carbons (Fsp3) is 0.333. The van der Waals surface area contributed by atoms with Crippen molar-refractivity contribution in [2.75, 3.05) is 0 Å². The number of nitrogens with one attached hydrogen (secondary N) is 2. The molecule has 19 heavy (non-hydrogen) atoms. The van der Waals surface area contributed by atoms with Crippen molar-refractivity contribution in [3.05, 3.63) is 53.9 Å². The zero-order valence-electron chi connectivity index (χ0n) is 11.1. The minimum absolute atomic E-state index is 0.00275. The molecule has 4 heteroatoms. The Labute approximate surface area is 113 Å². The molecule has 1 unspecified atom stereocenters. The van der Waals surface area contributed by atoms with E-state index in [-0.39, 0.29) is 11.9 Å². The van der Waals surface area contributed by atoms with Crippen molar-refractivity contribution >= 4 is 5.91 Å². The summed E-state index contributed by atoms with van der Waals surface area (Å²) < 4.78 is 0. The summed E-state index contributed by atoms with van der Waals surface area (Å²) in [4.78, 5) is 11.8. The fourth-order valence-electron chi connectivity index (χ4n) is 1.99. The highest BCUT2D eigenvalue weighted by atomic mass is 16.1. The lowest BCUT2D eigenvalue weighted by Crippen LogP contribution is -2.26. The van der Waals surface area contributed by atoms with E-state index >= 15 is 0 Å². The molecule has 2 rings (SSSR count). The maximum atomic E-state index is 11.8. The fourth-order valence-corrected chi connectivity index (χ4v) is 1.99. The summed E-state index contributed by atoms with van der Waals surface area (Å²) in [5.41, 5.74) is 2.27. The van der Waals surface area contributed by atoms with Crippen LogP contribution < -0.4 is 5.32 Å². The van der Waals surface area contributed by atoms with Gasteiger partial charge in [-0.15, -0.1) is 0 Å². The van der Waals surface area contributed by atoms with Crippen LogP contribution in [0.2, 0.25) is 0 Å². The Kier molecular flexibility index (Phi) is 4.72. The molecule has 4 nitrogen and oxygen atoms in total. The minimum atomic E-state index is 0.00275. The van der Waals surface area contributed by atoms with Gasteiger partial charge < -0.3 is 5.32 Å². The molecule has 1 amide bonds. The summed E-state index contributed by atoms with van der Waals surface area (Å²) in [5, 5.41) is 9.59. The number of hydrogen-bond acceptors (Lipinski definition) is 2. The number of nitrogens with zero attached hydrogens (tertiary/aromatic N) is 1. The van der Waals surface area contributed by atoms with Gasteiger partial charge in [-0.05, 0) is 25.3 Å². The summed E-state index contributed by atoms with van der Waals surface area (Å²) in [7, 11) is 0. The van der Waals surface area contributed by atoms with Crippen molar-refractivity contribution in [1.29, 1.82) is 0 Å². The molecule has 1 aromatic carbocycles. The van der Waals surface area contributed by atoms with Crippen molar-refractivity contribution < 1.29 is 4.79 Å². The van der Waals surface area contributed by atoms with Gasteiger partial charge in [0.1, 0.15) is 0 Å². The zero-order valence-corrected chi connectivity index (χ0v) is 11.1. The van der Waals surface area contributed by atoms with E-state index in [0.29, 0.717) is 6.42 Å². The van der Waals surface area contributed by atoms with Gasteiger partial charge in [0.05, 0.1) is 12.2 Å². The molecule has 0 aliphatic heterocycles. The van der Waals surface area contributed by atoms with Crippen LogP contribution in [0.1, 0.15) is 36.9 Å². The number of carbonyl (C=O) groups excluding carboxylic acids is 1. The third-order valence-electron chi connectivity index (χ3n) is 3.11. The summed E-state index contributed by atoms with van der Waals surface area (Å²) >= 11 is 0. The highest BCUT2D eigenvalue weighted by molar-refractivity contribution is 5.76. The number of aromatic amines is 1. The van der Waals surface area contributed by atoms with Crippen LogP contribution in [0.3, 0.4) is 0 Å². The molecular formula is C15H19N3O. The molecule has 0 spiro atoms. The van der Waals surface area contributed by atoms with Gasteiger partial charge in [-0.2, -0.15) is 5.10 Å². The van der Waals surface area contributed by atoms with Gasteiger partial charge in [0.2, 0.25) is 5.91 Å². The van der Waals surface area contributed by atoms with Crippen LogP contribution in [-0.4, -0.2) is 16.1 Å². The molecular weight excluding hydrogens is 238 g/mol. The maximum Gasteiger partial charge on any atom is 0.220 e. The first kappa shape index (κ1) is 13.3. The minimum Gasteiger partial charge on any atom is -0.349 e. The number of H-pyrrole nitrogens is 1. The maximum absolute atomic E-state index is 11.8. The average molecular weight is 257 g/mol. The van der Waals surface area contributed by atoms with Gasteiger partial charge in [-0.1, -0.05) is 30.3 Å². The summed E-state index contributed by atoms with van der Waals surface area (Å²) in [6.07, 6.45) is 5.89. The topological polar surface area (TPSA) is 57.8 Å². The van der Waals surface area contributed by atoms with Crippen LogP contribution in [-0.2, 0) is 11.2 Å². The lowest BCUT2D eigenvalue weighted by atomic mass is 10.1. The number of hydrogen-bond donors (Lipinski definition) is 2. The van der Waals surface area contributed by atoms with E-state index in [0.717, 1.165) is 18.4 Å². The summed E-state index contributed by atoms with van der Waals surface area (Å²) in [5.74, 6) is 0.0876. The molecule has 0 saturated heterocycles. The van der Waals surface area contributed by atoms with E-state index in [1.165, 1.54) is 5.56 Å². The molecule has 0 bridgehead atoms. The predicted molar refractivity (Wildman–Crippen MR) is 74.5 cm³/mol. The number of benzene rings is 1. The lowest BCUT2D eigenvalue weighted by molar-refractivity contribution is -0.121. The van der Waals surface area contributed by atoms with Gasteiger partial charge in [-0.25, -0.2) is 0 Å². The second-order valence-electron chi connectivity index (χ2n) is 4.66. The second-order valence-corrected chi connectivity index (χ2v) is 4.66. The Morgan fingerprint density at radius 1 is 1.37 bits per heavy atom. The van der Waals surface area contributed by atoms with Gasteiger partial charge in [-0.3, -0.25) is 9.89 Å². The molecule has 1 atom stereocenters. The van der Waals surface area contributed by atoms with E-state index in [1.807, 2.05) is 25.1 Å². The molecule has 0 aliphatic carbocycles. The smallest absolute Gasteiger partial charge is 0.220 e. The van der Waals surface area contributed by atoms with Crippen LogP contribution >= 0.6 is 0 Å². The monoisotopic (exact) mass is 257 g/mol. The Balaban J connectivity index is 1.70. The highest BCUT2D eigenvalue weighted by Gasteiger charge is 2.09. The number of amides is 1. The first-order valence-electron chi connectivity index (χ1n) is 6.57. The number of carbonyl (C=O) groups is 1. The van der Waals surface area contributed by atoms with E-state index in [4.69, 9.17) is 0 Å². The first-order chi connectivity index (χ1) is 9.25. The largest absolute Gasteiger partial charge is 0.349 e. The van der Waals surface area contributed by atoms with Gasteiger partial charge in [0.25, 0.3) is 0 Å². The SMILES string of the molecule is CC(NC(=O)CCCc1ccccc1)c1cn[nH]c1. The van der Waals surface area contributed by atoms with Crippen LogP contribution in [0.4, 0.5) is 0 Å². The standard InChI is InChI=1S/C15H19N3O/c1-12(14-10-16-17-11-14)18-15(19)9-5-8-13-6-3-2-4-7-13/h2-4,6-7,10-12H,5,8-9H2,1H3,(H,16,17)(H,18,19). The molecule has 100 valence electrons. The molecule has 0 radical (unpaired) electrons. The number of aromatic nitrogens is 2. The molecule has 0 saturated carbocycles. The van der Waals surface area contributed by atoms with E-state index in [9.17, 15) is 4.79 Å². The summed E-state index contributed by atoms with van der Waals surface area (Å²) in [6.45, 7) is 1.96. The second kappa shape index (κ2) is 6.73.